The molecule has 0 spiro atoms. The molecule has 0 heterocycles. The summed E-state index contributed by atoms with van der Waals surface area (Å²) in [6.07, 6.45) is 13.0. The standard InChI is InChI=1S/C42H86O12/c1-2-3-4-5-6-7-8-9-10-11-12-13-14-15-16-17-18-19-20-21-22-23-24-25-26-27-28-29-30-32(44)34(46)36(48)38(50)40(52)42(54)41(53)39(51)37(49)35(47)33(45)31-43/h32-54H,2-31H2,1H3. The summed E-state index contributed by atoms with van der Waals surface area (Å²) < 4.78 is 0. The van der Waals surface area contributed by atoms with Crippen LogP contribution in [0.4, 0.5) is 0 Å². The lowest BCUT2D eigenvalue weighted by molar-refractivity contribution is -0.196. The fraction of sp³-hybridized carbons (Fsp3) is 1.00. The average molecular weight is 783 g/mol. The fourth-order valence-electron chi connectivity index (χ4n) is 7.17. The quantitative estimate of drug-likeness (QED) is 0.0390. The van der Waals surface area contributed by atoms with Gasteiger partial charge in [0.15, 0.2) is 0 Å². The van der Waals surface area contributed by atoms with Crippen LogP contribution in [0.1, 0.15) is 193 Å². The topological polar surface area (TPSA) is 243 Å². The van der Waals surface area contributed by atoms with Crippen molar-refractivity contribution in [3.8, 4) is 0 Å². The molecule has 0 saturated carbocycles. The lowest BCUT2D eigenvalue weighted by Gasteiger charge is -2.35. The molecular weight excluding hydrogens is 696 g/mol. The van der Waals surface area contributed by atoms with Gasteiger partial charge in [0.25, 0.3) is 0 Å². The van der Waals surface area contributed by atoms with E-state index in [0.29, 0.717) is 6.42 Å². The van der Waals surface area contributed by atoms with Gasteiger partial charge in [-0.15, -0.1) is 0 Å². The lowest BCUT2D eigenvalue weighted by atomic mass is 9.89. The first kappa shape index (κ1) is 53.5. The van der Waals surface area contributed by atoms with Gasteiger partial charge >= 0.3 is 0 Å². The average Bonchev–Trinajstić information content (AvgIpc) is 3.18. The molecule has 0 aliphatic rings. The zero-order valence-electron chi connectivity index (χ0n) is 33.9. The summed E-state index contributed by atoms with van der Waals surface area (Å²) in [5, 5.41) is 119. The van der Waals surface area contributed by atoms with Crippen molar-refractivity contribution in [1.82, 2.24) is 0 Å². The summed E-state index contributed by atoms with van der Waals surface area (Å²) in [6, 6.07) is 0. The number of rotatable bonds is 40. The molecule has 0 aliphatic carbocycles. The summed E-state index contributed by atoms with van der Waals surface area (Å²) in [4.78, 5) is 0. The molecule has 0 amide bonds. The molecule has 54 heavy (non-hydrogen) atoms. The van der Waals surface area contributed by atoms with Crippen molar-refractivity contribution in [2.24, 2.45) is 0 Å². The molecule has 12 nitrogen and oxygen atoms in total. The Morgan fingerprint density at radius 3 is 0.648 bits per heavy atom. The van der Waals surface area contributed by atoms with Gasteiger partial charge in [0.1, 0.15) is 61.0 Å². The maximum atomic E-state index is 10.3. The normalized spacial score (nSPS) is 18.4. The molecule has 0 saturated heterocycles. The molecule has 12 heteroatoms. The van der Waals surface area contributed by atoms with Crippen molar-refractivity contribution in [3.05, 3.63) is 0 Å². The largest absolute Gasteiger partial charge is 0.394 e. The highest BCUT2D eigenvalue weighted by atomic mass is 16.4. The second kappa shape index (κ2) is 35.7. The molecule has 0 fully saturated rings. The second-order valence-corrected chi connectivity index (χ2v) is 16.1. The van der Waals surface area contributed by atoms with Gasteiger partial charge in [-0.1, -0.05) is 187 Å². The van der Waals surface area contributed by atoms with Crippen LogP contribution in [0.15, 0.2) is 0 Å². The molecule has 0 bridgehead atoms. The van der Waals surface area contributed by atoms with Crippen LogP contribution >= 0.6 is 0 Å². The van der Waals surface area contributed by atoms with Crippen LogP contribution < -0.4 is 0 Å². The van der Waals surface area contributed by atoms with E-state index in [9.17, 15) is 56.2 Å². The highest BCUT2D eigenvalue weighted by Gasteiger charge is 2.43. The van der Waals surface area contributed by atoms with Gasteiger partial charge in [0.05, 0.1) is 12.7 Å². The Balaban J connectivity index is 3.76. The number of unbranched alkanes of at least 4 members (excludes halogenated alkanes) is 27. The van der Waals surface area contributed by atoms with Gasteiger partial charge in [0, 0.05) is 0 Å². The van der Waals surface area contributed by atoms with E-state index < -0.39 is 73.8 Å². The van der Waals surface area contributed by atoms with Crippen molar-refractivity contribution in [1.29, 1.82) is 0 Å². The third kappa shape index (κ3) is 25.7. The van der Waals surface area contributed by atoms with E-state index in [-0.39, 0.29) is 6.42 Å². The predicted octanol–water partition coefficient (Wildman–Crippen LogP) is 4.28. The molecule has 0 aromatic rings. The molecule has 326 valence electrons. The molecule has 0 aromatic heterocycles. The maximum absolute atomic E-state index is 10.3. The van der Waals surface area contributed by atoms with Gasteiger partial charge in [-0.3, -0.25) is 0 Å². The Morgan fingerprint density at radius 2 is 0.426 bits per heavy atom. The van der Waals surface area contributed by atoms with E-state index in [1.54, 1.807) is 0 Å². The van der Waals surface area contributed by atoms with Crippen LogP contribution in [0.25, 0.3) is 0 Å². The highest BCUT2D eigenvalue weighted by molar-refractivity contribution is 4.94. The van der Waals surface area contributed by atoms with E-state index >= 15 is 0 Å². The molecule has 0 radical (unpaired) electrons. The maximum Gasteiger partial charge on any atom is 0.111 e. The summed E-state index contributed by atoms with van der Waals surface area (Å²) >= 11 is 0. The fourth-order valence-corrected chi connectivity index (χ4v) is 7.17. The first-order valence-electron chi connectivity index (χ1n) is 22.0. The first-order valence-corrected chi connectivity index (χ1v) is 22.0. The van der Waals surface area contributed by atoms with E-state index in [1.165, 1.54) is 148 Å². The highest BCUT2D eigenvalue weighted by Crippen LogP contribution is 2.20. The van der Waals surface area contributed by atoms with Gasteiger partial charge < -0.3 is 61.3 Å². The monoisotopic (exact) mass is 783 g/mol. The molecule has 0 aromatic carbocycles. The summed E-state index contributed by atoms with van der Waals surface area (Å²) in [6.45, 7) is 1.30. The van der Waals surface area contributed by atoms with E-state index in [2.05, 4.69) is 6.92 Å². The van der Waals surface area contributed by atoms with Crippen LogP contribution in [0.3, 0.4) is 0 Å². The van der Waals surface area contributed by atoms with E-state index in [4.69, 9.17) is 5.11 Å². The van der Waals surface area contributed by atoms with Crippen molar-refractivity contribution in [2.45, 2.75) is 260 Å². The lowest BCUT2D eigenvalue weighted by Crippen LogP contribution is -2.59. The van der Waals surface area contributed by atoms with Crippen LogP contribution in [0.5, 0.6) is 0 Å². The molecule has 11 atom stereocenters. The van der Waals surface area contributed by atoms with Crippen molar-refractivity contribution in [3.63, 3.8) is 0 Å². The Kier molecular flexibility index (Phi) is 35.3. The number of aliphatic hydroxyl groups is 12. The van der Waals surface area contributed by atoms with Crippen molar-refractivity contribution in [2.75, 3.05) is 6.61 Å². The molecular formula is C42H86O12. The van der Waals surface area contributed by atoms with E-state index in [1.807, 2.05) is 0 Å². The van der Waals surface area contributed by atoms with Crippen LogP contribution in [-0.2, 0) is 0 Å². The summed E-state index contributed by atoms with van der Waals surface area (Å²) in [5.41, 5.74) is 0. The van der Waals surface area contributed by atoms with Gasteiger partial charge in [-0.05, 0) is 6.42 Å². The van der Waals surface area contributed by atoms with Gasteiger partial charge in [0.2, 0.25) is 0 Å². The second-order valence-electron chi connectivity index (χ2n) is 16.1. The minimum Gasteiger partial charge on any atom is -0.394 e. The third-order valence-electron chi connectivity index (χ3n) is 11.1. The zero-order chi connectivity index (χ0) is 40.6. The van der Waals surface area contributed by atoms with Crippen LogP contribution in [0.2, 0.25) is 0 Å². The van der Waals surface area contributed by atoms with Crippen molar-refractivity contribution < 1.29 is 61.3 Å². The summed E-state index contributed by atoms with van der Waals surface area (Å²) in [7, 11) is 0. The smallest absolute Gasteiger partial charge is 0.111 e. The first-order chi connectivity index (χ1) is 25.9. The third-order valence-corrected chi connectivity index (χ3v) is 11.1. The van der Waals surface area contributed by atoms with Crippen LogP contribution in [-0.4, -0.2) is 135 Å². The molecule has 11 unspecified atom stereocenters. The van der Waals surface area contributed by atoms with Gasteiger partial charge in [-0.2, -0.15) is 0 Å². The van der Waals surface area contributed by atoms with Crippen LogP contribution in [0, 0.1) is 0 Å². The minimum atomic E-state index is -2.37. The zero-order valence-corrected chi connectivity index (χ0v) is 33.9. The Morgan fingerprint density at radius 1 is 0.241 bits per heavy atom. The Bertz CT molecular complexity index is 794. The number of hydrogen-bond acceptors (Lipinski definition) is 12. The molecule has 12 N–H and O–H groups in total. The SMILES string of the molecule is CCCCCCCCCCCCCCCCCCCCCCCCCCCCCCC(O)C(O)C(O)C(O)C(O)C(O)C(O)C(O)C(O)C(O)C(O)CO. The Hall–Kier alpha value is -0.480. The van der Waals surface area contributed by atoms with Gasteiger partial charge in [-0.25, -0.2) is 0 Å². The predicted molar refractivity (Wildman–Crippen MR) is 213 cm³/mol. The number of hydrogen-bond donors (Lipinski definition) is 12. The van der Waals surface area contributed by atoms with E-state index in [0.717, 1.165) is 25.7 Å². The summed E-state index contributed by atoms with van der Waals surface area (Å²) in [5.74, 6) is 0. The number of aliphatic hydroxyl groups excluding tert-OH is 12. The molecule has 0 rings (SSSR count). The minimum absolute atomic E-state index is 0.127. The Labute approximate surface area is 327 Å². The molecule has 0 aliphatic heterocycles. The van der Waals surface area contributed by atoms with Crippen molar-refractivity contribution >= 4 is 0 Å².